The van der Waals surface area contributed by atoms with Crippen LogP contribution in [0.2, 0.25) is 10.0 Å². The van der Waals surface area contributed by atoms with E-state index in [1.165, 1.54) is 16.2 Å². The van der Waals surface area contributed by atoms with Crippen LogP contribution in [0.4, 0.5) is 10.7 Å². The van der Waals surface area contributed by atoms with E-state index in [9.17, 15) is 9.59 Å². The topological polar surface area (TPSA) is 58.2 Å². The van der Waals surface area contributed by atoms with Gasteiger partial charge in [0.25, 0.3) is 11.8 Å². The van der Waals surface area contributed by atoms with Crippen LogP contribution in [0.1, 0.15) is 58.3 Å². The number of nitrogens with one attached hydrogen (secondary N) is 2. The minimum Gasteiger partial charge on any atom is -0.322 e. The van der Waals surface area contributed by atoms with E-state index in [0.717, 1.165) is 24.8 Å². The van der Waals surface area contributed by atoms with Crippen LogP contribution in [-0.2, 0) is 12.8 Å². The smallest absolute Gasteiger partial charge is 0.258 e. The molecule has 2 aromatic carbocycles. The maximum Gasteiger partial charge on any atom is 0.258 e. The summed E-state index contributed by atoms with van der Waals surface area (Å²) in [7, 11) is 0. The van der Waals surface area contributed by atoms with E-state index in [4.69, 9.17) is 23.2 Å². The molecule has 4 rings (SSSR count). The molecule has 1 aliphatic rings. The number of hydrogen-bond donors (Lipinski definition) is 2. The van der Waals surface area contributed by atoms with Crippen LogP contribution in [-0.4, -0.2) is 11.8 Å². The number of halogens is 2. The van der Waals surface area contributed by atoms with E-state index in [-0.39, 0.29) is 17.2 Å². The Hall–Kier alpha value is -2.34. The van der Waals surface area contributed by atoms with Crippen molar-refractivity contribution in [3.05, 3.63) is 80.1 Å². The molecule has 0 bridgehead atoms. The molecule has 1 heterocycles. The summed E-state index contributed by atoms with van der Waals surface area (Å²) < 4.78 is 0. The molecular weight excluding hydrogens is 475 g/mol. The van der Waals surface area contributed by atoms with Crippen molar-refractivity contribution >= 4 is 57.0 Å². The normalized spacial score (nSPS) is 15.6. The predicted molar refractivity (Wildman–Crippen MR) is 138 cm³/mol. The van der Waals surface area contributed by atoms with Gasteiger partial charge >= 0.3 is 0 Å². The minimum atomic E-state index is -0.266. The van der Waals surface area contributed by atoms with E-state index in [1.807, 2.05) is 0 Å². The molecule has 0 saturated carbocycles. The summed E-state index contributed by atoms with van der Waals surface area (Å²) in [6, 6.07) is 13.7. The zero-order chi connectivity index (χ0) is 23.8. The highest BCUT2D eigenvalue weighted by Crippen LogP contribution is 2.44. The standard InChI is InChI=1S/C26H26Cl2N2O2S/c1-26(2,3)16-6-13-20-21(14-16)33-25(30-23(31)15-4-7-17(27)8-5-15)22(20)24(32)29-19-11-9-18(28)10-12-19/h4-5,7-12,16H,6,13-14H2,1-3H3,(H,29,32)(H,30,31)/t16-/m1/s1. The fraction of sp³-hybridized carbons (Fsp3) is 0.308. The zero-order valence-electron chi connectivity index (χ0n) is 18.8. The summed E-state index contributed by atoms with van der Waals surface area (Å²) in [6.07, 6.45) is 2.73. The minimum absolute atomic E-state index is 0.181. The molecule has 172 valence electrons. The third-order valence-corrected chi connectivity index (χ3v) is 7.83. The summed E-state index contributed by atoms with van der Waals surface area (Å²) >= 11 is 13.4. The molecule has 0 unspecified atom stereocenters. The molecule has 1 aliphatic carbocycles. The van der Waals surface area contributed by atoms with Gasteiger partial charge in [0, 0.05) is 26.2 Å². The summed E-state index contributed by atoms with van der Waals surface area (Å²) in [6.45, 7) is 6.77. The van der Waals surface area contributed by atoms with E-state index >= 15 is 0 Å². The third-order valence-electron chi connectivity index (χ3n) is 6.15. The van der Waals surface area contributed by atoms with Crippen molar-refractivity contribution in [3.63, 3.8) is 0 Å². The van der Waals surface area contributed by atoms with Gasteiger partial charge < -0.3 is 10.6 Å². The Bertz CT molecular complexity index is 1180. The van der Waals surface area contributed by atoms with E-state index in [2.05, 4.69) is 31.4 Å². The molecule has 3 aromatic rings. The molecule has 7 heteroatoms. The molecule has 0 radical (unpaired) electrons. The first-order valence-corrected chi connectivity index (χ1v) is 12.5. The molecule has 1 atom stereocenters. The molecule has 2 amide bonds. The maximum absolute atomic E-state index is 13.4. The molecule has 4 nitrogen and oxygen atoms in total. The number of fused-ring (bicyclic) bond motifs is 1. The van der Waals surface area contributed by atoms with Crippen LogP contribution in [0.15, 0.2) is 48.5 Å². The number of carbonyl (C=O) groups is 2. The Morgan fingerprint density at radius 2 is 1.52 bits per heavy atom. The SMILES string of the molecule is CC(C)(C)[C@@H]1CCc2c(sc(NC(=O)c3ccc(Cl)cc3)c2C(=O)Nc2ccc(Cl)cc2)C1. The third kappa shape index (κ3) is 5.43. The van der Waals surface area contributed by atoms with E-state index in [0.29, 0.717) is 37.8 Å². The summed E-state index contributed by atoms with van der Waals surface area (Å²) in [5.74, 6) is 0.0317. The van der Waals surface area contributed by atoms with Crippen LogP contribution in [0.5, 0.6) is 0 Å². The molecule has 1 aromatic heterocycles. The van der Waals surface area contributed by atoms with Crippen LogP contribution >= 0.6 is 34.5 Å². The first kappa shape index (κ1) is 23.8. The lowest BCUT2D eigenvalue weighted by Crippen LogP contribution is -2.27. The molecule has 33 heavy (non-hydrogen) atoms. The highest BCUT2D eigenvalue weighted by Gasteiger charge is 2.34. The first-order valence-electron chi connectivity index (χ1n) is 10.9. The van der Waals surface area contributed by atoms with Crippen molar-refractivity contribution in [1.82, 2.24) is 0 Å². The van der Waals surface area contributed by atoms with Gasteiger partial charge in [0.15, 0.2) is 0 Å². The average molecular weight is 501 g/mol. The van der Waals surface area contributed by atoms with Crippen molar-refractivity contribution in [3.8, 4) is 0 Å². The van der Waals surface area contributed by atoms with Gasteiger partial charge in [-0.2, -0.15) is 0 Å². The van der Waals surface area contributed by atoms with Crippen LogP contribution < -0.4 is 10.6 Å². The van der Waals surface area contributed by atoms with Crippen molar-refractivity contribution < 1.29 is 9.59 Å². The van der Waals surface area contributed by atoms with Crippen LogP contribution in [0.3, 0.4) is 0 Å². The second-order valence-corrected chi connectivity index (χ2v) is 11.4. The van der Waals surface area contributed by atoms with Gasteiger partial charge in [0.2, 0.25) is 0 Å². The van der Waals surface area contributed by atoms with E-state index < -0.39 is 0 Å². The van der Waals surface area contributed by atoms with Crippen LogP contribution in [0.25, 0.3) is 0 Å². The summed E-state index contributed by atoms with van der Waals surface area (Å²) in [4.78, 5) is 27.5. The largest absolute Gasteiger partial charge is 0.322 e. The summed E-state index contributed by atoms with van der Waals surface area (Å²) in [5.41, 5.74) is 2.92. The van der Waals surface area contributed by atoms with E-state index in [1.54, 1.807) is 48.5 Å². The molecule has 2 N–H and O–H groups in total. The molecule has 0 saturated heterocycles. The second-order valence-electron chi connectivity index (χ2n) is 9.44. The Kier molecular flexibility index (Phi) is 6.85. The number of rotatable bonds is 4. The van der Waals surface area contributed by atoms with Crippen LogP contribution in [0, 0.1) is 11.3 Å². The highest BCUT2D eigenvalue weighted by atomic mass is 35.5. The highest BCUT2D eigenvalue weighted by molar-refractivity contribution is 7.17. The lowest BCUT2D eigenvalue weighted by atomic mass is 9.72. The van der Waals surface area contributed by atoms with Crippen molar-refractivity contribution in [2.45, 2.75) is 40.0 Å². The zero-order valence-corrected chi connectivity index (χ0v) is 21.1. The van der Waals surface area contributed by atoms with Crippen molar-refractivity contribution in [2.24, 2.45) is 11.3 Å². The Labute approximate surface area is 208 Å². The number of anilines is 2. The number of benzene rings is 2. The summed E-state index contributed by atoms with van der Waals surface area (Å²) in [5, 5.41) is 7.70. The molecule has 0 aliphatic heterocycles. The van der Waals surface area contributed by atoms with Crippen molar-refractivity contribution in [2.75, 3.05) is 10.6 Å². The quantitative estimate of drug-likeness (QED) is 0.385. The lowest BCUT2D eigenvalue weighted by molar-refractivity contribution is 0.102. The van der Waals surface area contributed by atoms with Gasteiger partial charge in [-0.05, 0) is 84.7 Å². The average Bonchev–Trinajstić information content (AvgIpc) is 3.12. The monoisotopic (exact) mass is 500 g/mol. The van der Waals surface area contributed by atoms with Gasteiger partial charge in [0.05, 0.1) is 5.56 Å². The second kappa shape index (κ2) is 9.49. The number of hydrogen-bond acceptors (Lipinski definition) is 3. The Morgan fingerprint density at radius 3 is 2.12 bits per heavy atom. The van der Waals surface area contributed by atoms with Gasteiger partial charge in [-0.1, -0.05) is 44.0 Å². The Morgan fingerprint density at radius 1 is 0.909 bits per heavy atom. The van der Waals surface area contributed by atoms with Crippen molar-refractivity contribution in [1.29, 1.82) is 0 Å². The molecular formula is C26H26Cl2N2O2S. The van der Waals surface area contributed by atoms with Gasteiger partial charge in [-0.15, -0.1) is 11.3 Å². The number of amides is 2. The molecule has 0 spiro atoms. The number of carbonyl (C=O) groups excluding carboxylic acids is 2. The first-order chi connectivity index (χ1) is 15.6. The maximum atomic E-state index is 13.4. The van der Waals surface area contributed by atoms with Gasteiger partial charge in [-0.25, -0.2) is 0 Å². The lowest BCUT2D eigenvalue weighted by Gasteiger charge is -2.33. The van der Waals surface area contributed by atoms with Gasteiger partial charge in [-0.3, -0.25) is 9.59 Å². The number of thiophene rings is 1. The fourth-order valence-electron chi connectivity index (χ4n) is 4.16. The fourth-order valence-corrected chi connectivity index (χ4v) is 5.73. The molecule has 0 fully saturated rings. The Balaban J connectivity index is 1.67. The predicted octanol–water partition coefficient (Wildman–Crippen LogP) is 7.71. The van der Waals surface area contributed by atoms with Gasteiger partial charge in [0.1, 0.15) is 5.00 Å².